The number of amides is 1. The first kappa shape index (κ1) is 16.1. The van der Waals surface area contributed by atoms with Crippen molar-refractivity contribution < 1.29 is 18.7 Å². The number of ketones is 1. The molecule has 0 heterocycles. The van der Waals surface area contributed by atoms with Crippen molar-refractivity contribution in [3.8, 4) is 0 Å². The van der Waals surface area contributed by atoms with Gasteiger partial charge in [0.15, 0.2) is 0 Å². The Morgan fingerprint density at radius 3 is 2.50 bits per heavy atom. The largest absolute Gasteiger partial charge is 0.444 e. The quantitative estimate of drug-likeness (QED) is 0.903. The van der Waals surface area contributed by atoms with Crippen LogP contribution in [0.3, 0.4) is 0 Å². The van der Waals surface area contributed by atoms with Gasteiger partial charge in [-0.15, -0.1) is 0 Å². The predicted octanol–water partition coefficient (Wildman–Crippen LogP) is 2.85. The lowest BCUT2D eigenvalue weighted by molar-refractivity contribution is -0.118. The van der Waals surface area contributed by atoms with E-state index in [1.54, 1.807) is 39.0 Å². The van der Waals surface area contributed by atoms with Gasteiger partial charge in [0.1, 0.15) is 17.2 Å². The Labute approximate surface area is 118 Å². The molecule has 1 N–H and O–H groups in total. The number of carbonyl (C=O) groups excluding carboxylic acids is 2. The highest BCUT2D eigenvalue weighted by molar-refractivity contribution is 5.81. The molecule has 20 heavy (non-hydrogen) atoms. The monoisotopic (exact) mass is 281 g/mol. The molecule has 0 atom stereocenters. The van der Waals surface area contributed by atoms with Crippen LogP contribution in [0.4, 0.5) is 9.18 Å². The van der Waals surface area contributed by atoms with Gasteiger partial charge in [-0.2, -0.15) is 0 Å². The van der Waals surface area contributed by atoms with Crippen LogP contribution >= 0.6 is 0 Å². The van der Waals surface area contributed by atoms with Gasteiger partial charge in [-0.3, -0.25) is 4.79 Å². The first-order chi connectivity index (χ1) is 9.28. The fourth-order valence-electron chi connectivity index (χ4n) is 1.56. The van der Waals surface area contributed by atoms with Crippen LogP contribution in [0.15, 0.2) is 24.3 Å². The smallest absolute Gasteiger partial charge is 0.407 e. The van der Waals surface area contributed by atoms with Crippen LogP contribution in [0.5, 0.6) is 0 Å². The van der Waals surface area contributed by atoms with Gasteiger partial charge >= 0.3 is 6.09 Å². The second-order valence-electron chi connectivity index (χ2n) is 5.49. The second-order valence-corrected chi connectivity index (χ2v) is 5.49. The summed E-state index contributed by atoms with van der Waals surface area (Å²) in [6, 6.07) is 6.16. The van der Waals surface area contributed by atoms with Crippen LogP contribution in [0.2, 0.25) is 0 Å². The van der Waals surface area contributed by atoms with Gasteiger partial charge in [-0.05, 0) is 32.4 Å². The van der Waals surface area contributed by atoms with Gasteiger partial charge in [0, 0.05) is 19.4 Å². The number of hydrogen-bond acceptors (Lipinski definition) is 3. The maximum absolute atomic E-state index is 13.3. The van der Waals surface area contributed by atoms with E-state index in [1.165, 1.54) is 6.07 Å². The highest BCUT2D eigenvalue weighted by Crippen LogP contribution is 2.08. The molecule has 0 bridgehead atoms. The SMILES string of the molecule is CC(C)(C)OC(=O)NCCC(=O)Cc1ccccc1F. The predicted molar refractivity (Wildman–Crippen MR) is 74.0 cm³/mol. The number of carbonyl (C=O) groups is 2. The molecule has 1 aromatic carbocycles. The summed E-state index contributed by atoms with van der Waals surface area (Å²) in [7, 11) is 0. The van der Waals surface area contributed by atoms with Crippen molar-refractivity contribution in [2.24, 2.45) is 0 Å². The minimum atomic E-state index is -0.568. The Balaban J connectivity index is 2.31. The van der Waals surface area contributed by atoms with Crippen LogP contribution < -0.4 is 5.32 Å². The Morgan fingerprint density at radius 2 is 1.90 bits per heavy atom. The van der Waals surface area contributed by atoms with E-state index in [0.29, 0.717) is 5.56 Å². The first-order valence-corrected chi connectivity index (χ1v) is 6.50. The topological polar surface area (TPSA) is 55.4 Å². The summed E-state index contributed by atoms with van der Waals surface area (Å²) >= 11 is 0. The number of rotatable bonds is 5. The van der Waals surface area contributed by atoms with E-state index in [0.717, 1.165) is 0 Å². The molecule has 1 aromatic rings. The van der Waals surface area contributed by atoms with Crippen molar-refractivity contribution in [2.45, 2.75) is 39.2 Å². The molecule has 1 amide bonds. The van der Waals surface area contributed by atoms with Gasteiger partial charge in [0.2, 0.25) is 0 Å². The van der Waals surface area contributed by atoms with E-state index in [1.807, 2.05) is 0 Å². The Kier molecular flexibility index (Phi) is 5.67. The number of halogens is 1. The summed E-state index contributed by atoms with van der Waals surface area (Å²) < 4.78 is 18.4. The number of alkyl carbamates (subject to hydrolysis) is 1. The molecule has 0 aliphatic heterocycles. The number of Topliss-reactive ketones (excluding diaryl/α,β-unsaturated/α-hetero) is 1. The summed E-state index contributed by atoms with van der Waals surface area (Å²) in [6.45, 7) is 5.46. The first-order valence-electron chi connectivity index (χ1n) is 6.50. The summed E-state index contributed by atoms with van der Waals surface area (Å²) in [5, 5.41) is 2.49. The molecule has 1 rings (SSSR count). The zero-order valence-electron chi connectivity index (χ0n) is 12.0. The molecule has 0 aliphatic rings. The summed E-state index contributed by atoms with van der Waals surface area (Å²) in [4.78, 5) is 23.0. The van der Waals surface area contributed by atoms with Crippen LogP contribution in [0, 0.1) is 5.82 Å². The third-order valence-corrected chi connectivity index (χ3v) is 2.42. The maximum Gasteiger partial charge on any atom is 0.407 e. The van der Waals surface area contributed by atoms with Crippen molar-refractivity contribution in [3.63, 3.8) is 0 Å². The summed E-state index contributed by atoms with van der Waals surface area (Å²) in [6.07, 6.45) is -0.382. The third kappa shape index (κ3) is 6.31. The lowest BCUT2D eigenvalue weighted by Gasteiger charge is -2.19. The fourth-order valence-corrected chi connectivity index (χ4v) is 1.56. The van der Waals surface area contributed by atoms with Gasteiger partial charge in [-0.25, -0.2) is 9.18 Å². The Morgan fingerprint density at radius 1 is 1.25 bits per heavy atom. The van der Waals surface area contributed by atoms with Crippen LogP contribution in [0.25, 0.3) is 0 Å². The molecule has 5 heteroatoms. The van der Waals surface area contributed by atoms with E-state index >= 15 is 0 Å². The van der Waals surface area contributed by atoms with Gasteiger partial charge < -0.3 is 10.1 Å². The second kappa shape index (κ2) is 7.03. The van der Waals surface area contributed by atoms with Crippen molar-refractivity contribution in [2.75, 3.05) is 6.54 Å². The normalized spacial score (nSPS) is 11.0. The van der Waals surface area contributed by atoms with Crippen molar-refractivity contribution in [3.05, 3.63) is 35.6 Å². The zero-order valence-corrected chi connectivity index (χ0v) is 12.0. The van der Waals surface area contributed by atoms with E-state index in [2.05, 4.69) is 5.32 Å². The molecular formula is C15H20FNO3. The molecule has 4 nitrogen and oxygen atoms in total. The minimum absolute atomic E-state index is 0.0304. The molecule has 0 fully saturated rings. The third-order valence-electron chi connectivity index (χ3n) is 2.42. The molecule has 0 aromatic heterocycles. The highest BCUT2D eigenvalue weighted by atomic mass is 19.1. The summed E-state index contributed by atoms with van der Waals surface area (Å²) in [5.41, 5.74) is -0.198. The molecule has 0 saturated heterocycles. The molecule has 110 valence electrons. The van der Waals surface area contributed by atoms with E-state index in [4.69, 9.17) is 4.74 Å². The fraction of sp³-hybridized carbons (Fsp3) is 0.467. The van der Waals surface area contributed by atoms with Crippen molar-refractivity contribution in [1.29, 1.82) is 0 Å². The van der Waals surface area contributed by atoms with Gasteiger partial charge in [0.25, 0.3) is 0 Å². The molecular weight excluding hydrogens is 261 g/mol. The molecule has 0 radical (unpaired) electrons. The Bertz CT molecular complexity index is 480. The minimum Gasteiger partial charge on any atom is -0.444 e. The zero-order chi connectivity index (χ0) is 15.2. The lowest BCUT2D eigenvalue weighted by atomic mass is 10.1. The maximum atomic E-state index is 13.3. The molecule has 0 saturated carbocycles. The van der Waals surface area contributed by atoms with Gasteiger partial charge in [0.05, 0.1) is 0 Å². The number of hydrogen-bond donors (Lipinski definition) is 1. The molecule has 0 unspecified atom stereocenters. The van der Waals surface area contributed by atoms with Crippen LogP contribution in [-0.4, -0.2) is 24.0 Å². The van der Waals surface area contributed by atoms with E-state index in [-0.39, 0.29) is 31.0 Å². The average molecular weight is 281 g/mol. The lowest BCUT2D eigenvalue weighted by Crippen LogP contribution is -2.33. The number of benzene rings is 1. The van der Waals surface area contributed by atoms with Crippen LogP contribution in [-0.2, 0) is 16.0 Å². The molecule has 0 spiro atoms. The molecule has 0 aliphatic carbocycles. The van der Waals surface area contributed by atoms with Crippen molar-refractivity contribution in [1.82, 2.24) is 5.32 Å². The van der Waals surface area contributed by atoms with E-state index in [9.17, 15) is 14.0 Å². The Hall–Kier alpha value is -1.91. The number of ether oxygens (including phenoxy) is 1. The highest BCUT2D eigenvalue weighted by Gasteiger charge is 2.16. The van der Waals surface area contributed by atoms with E-state index < -0.39 is 11.7 Å². The number of nitrogens with one attached hydrogen (secondary N) is 1. The summed E-state index contributed by atoms with van der Waals surface area (Å²) in [5.74, 6) is -0.521. The standard InChI is InChI=1S/C15H20FNO3/c1-15(2,3)20-14(19)17-9-8-12(18)10-11-6-4-5-7-13(11)16/h4-7H,8-10H2,1-3H3,(H,17,19). The average Bonchev–Trinajstić information content (AvgIpc) is 2.29. The van der Waals surface area contributed by atoms with Crippen LogP contribution in [0.1, 0.15) is 32.8 Å². The van der Waals surface area contributed by atoms with Crippen molar-refractivity contribution >= 4 is 11.9 Å². The van der Waals surface area contributed by atoms with Gasteiger partial charge in [-0.1, -0.05) is 18.2 Å².